The van der Waals surface area contributed by atoms with Crippen LogP contribution in [-0.2, 0) is 0 Å². The third-order valence-electron chi connectivity index (χ3n) is 3.62. The van der Waals surface area contributed by atoms with Crippen molar-refractivity contribution in [3.05, 3.63) is 23.9 Å². The molecular formula is C14H23N3S. The molecular weight excluding hydrogens is 242 g/mol. The number of hydrogen-bond acceptors (Lipinski definition) is 4. The first kappa shape index (κ1) is 13.7. The van der Waals surface area contributed by atoms with Crippen LogP contribution in [0.3, 0.4) is 0 Å². The topological polar surface area (TPSA) is 42.2 Å². The van der Waals surface area contributed by atoms with Crippen molar-refractivity contribution in [3.8, 4) is 0 Å². The second-order valence-corrected chi connectivity index (χ2v) is 6.12. The molecule has 0 amide bonds. The molecule has 1 aliphatic heterocycles. The summed E-state index contributed by atoms with van der Waals surface area (Å²) in [4.78, 5) is 6.97. The van der Waals surface area contributed by atoms with E-state index in [0.717, 1.165) is 24.2 Å². The zero-order valence-corrected chi connectivity index (χ0v) is 12.1. The average molecular weight is 265 g/mol. The largest absolute Gasteiger partial charge is 0.356 e. The van der Waals surface area contributed by atoms with Gasteiger partial charge in [0.15, 0.2) is 0 Å². The van der Waals surface area contributed by atoms with Gasteiger partial charge < -0.3 is 10.6 Å². The van der Waals surface area contributed by atoms with Crippen LogP contribution >= 0.6 is 11.8 Å². The van der Waals surface area contributed by atoms with Crippen molar-refractivity contribution >= 4 is 17.6 Å². The highest BCUT2D eigenvalue weighted by atomic mass is 32.2. The Hall–Kier alpha value is -0.740. The quantitative estimate of drug-likeness (QED) is 0.912. The van der Waals surface area contributed by atoms with Crippen molar-refractivity contribution in [1.29, 1.82) is 0 Å². The molecule has 1 aromatic rings. The Morgan fingerprint density at radius 3 is 3.00 bits per heavy atom. The summed E-state index contributed by atoms with van der Waals surface area (Å²) in [5, 5.41) is 0.803. The Kier molecular flexibility index (Phi) is 4.89. The van der Waals surface area contributed by atoms with E-state index in [-0.39, 0.29) is 6.04 Å². The summed E-state index contributed by atoms with van der Waals surface area (Å²) in [5.41, 5.74) is 7.21. The van der Waals surface area contributed by atoms with E-state index >= 15 is 0 Å². The minimum Gasteiger partial charge on any atom is -0.356 e. The highest BCUT2D eigenvalue weighted by Crippen LogP contribution is 2.27. The van der Waals surface area contributed by atoms with Gasteiger partial charge in [-0.1, -0.05) is 6.07 Å². The molecule has 1 aliphatic rings. The molecule has 2 unspecified atom stereocenters. The third-order valence-corrected chi connectivity index (χ3v) is 4.75. The summed E-state index contributed by atoms with van der Waals surface area (Å²) in [6.45, 7) is 4.24. The second-order valence-electron chi connectivity index (χ2n) is 4.98. The van der Waals surface area contributed by atoms with Crippen molar-refractivity contribution in [2.45, 2.75) is 37.5 Å². The fourth-order valence-corrected chi connectivity index (χ4v) is 3.29. The first-order valence-electron chi connectivity index (χ1n) is 6.70. The van der Waals surface area contributed by atoms with Gasteiger partial charge >= 0.3 is 0 Å². The molecule has 0 spiro atoms. The minimum atomic E-state index is 0.0494. The molecule has 2 heterocycles. The molecule has 0 radical (unpaired) electrons. The molecule has 100 valence electrons. The molecule has 0 bridgehead atoms. The molecule has 1 saturated heterocycles. The number of pyridine rings is 1. The summed E-state index contributed by atoms with van der Waals surface area (Å²) in [6.07, 6.45) is 7.90. The second kappa shape index (κ2) is 6.43. The van der Waals surface area contributed by atoms with Crippen LogP contribution in [0.15, 0.2) is 18.3 Å². The van der Waals surface area contributed by atoms with Gasteiger partial charge in [-0.25, -0.2) is 4.98 Å². The Labute approximate surface area is 114 Å². The Morgan fingerprint density at radius 2 is 2.28 bits per heavy atom. The number of nitrogens with two attached hydrogens (primary N) is 1. The molecule has 4 heteroatoms. The Bertz CT molecular complexity index is 381. The van der Waals surface area contributed by atoms with E-state index in [9.17, 15) is 0 Å². The van der Waals surface area contributed by atoms with Crippen molar-refractivity contribution in [2.24, 2.45) is 5.73 Å². The SMILES string of the molecule is CSC1CCCN(c2ncccc2C(C)N)CC1. The van der Waals surface area contributed by atoms with Gasteiger partial charge in [0.1, 0.15) is 5.82 Å². The Balaban J connectivity index is 2.16. The lowest BCUT2D eigenvalue weighted by molar-refractivity contribution is 0.743. The van der Waals surface area contributed by atoms with E-state index in [0.29, 0.717) is 0 Å². The van der Waals surface area contributed by atoms with Gasteiger partial charge in [0.2, 0.25) is 0 Å². The standard InChI is InChI=1S/C14H23N3S/c1-11(15)13-6-3-8-16-14(13)17-9-4-5-12(18-2)7-10-17/h3,6,8,11-12H,4-5,7,9-10,15H2,1-2H3. The maximum atomic E-state index is 6.04. The molecule has 2 N–H and O–H groups in total. The number of rotatable bonds is 3. The van der Waals surface area contributed by atoms with Crippen LogP contribution < -0.4 is 10.6 Å². The van der Waals surface area contributed by atoms with Gasteiger partial charge in [0.05, 0.1) is 0 Å². The van der Waals surface area contributed by atoms with Crippen molar-refractivity contribution in [2.75, 3.05) is 24.2 Å². The van der Waals surface area contributed by atoms with Crippen LogP contribution in [0.5, 0.6) is 0 Å². The number of nitrogens with zero attached hydrogens (tertiary/aromatic N) is 2. The smallest absolute Gasteiger partial charge is 0.133 e. The molecule has 1 aromatic heterocycles. The monoisotopic (exact) mass is 265 g/mol. The zero-order chi connectivity index (χ0) is 13.0. The third kappa shape index (κ3) is 3.18. The highest BCUT2D eigenvalue weighted by molar-refractivity contribution is 7.99. The van der Waals surface area contributed by atoms with Gasteiger partial charge in [-0.3, -0.25) is 0 Å². The van der Waals surface area contributed by atoms with Crippen molar-refractivity contribution in [1.82, 2.24) is 4.98 Å². The molecule has 2 rings (SSSR count). The van der Waals surface area contributed by atoms with E-state index in [1.165, 1.54) is 24.8 Å². The van der Waals surface area contributed by atoms with Crippen LogP contribution in [0, 0.1) is 0 Å². The molecule has 0 aromatic carbocycles. The van der Waals surface area contributed by atoms with Gasteiger partial charge in [-0.05, 0) is 38.5 Å². The van der Waals surface area contributed by atoms with Crippen LogP contribution in [0.25, 0.3) is 0 Å². The summed E-state index contributed by atoms with van der Waals surface area (Å²) in [7, 11) is 0. The lowest BCUT2D eigenvalue weighted by Crippen LogP contribution is -2.27. The number of hydrogen-bond donors (Lipinski definition) is 1. The molecule has 0 aliphatic carbocycles. The van der Waals surface area contributed by atoms with Gasteiger partial charge in [-0.2, -0.15) is 11.8 Å². The summed E-state index contributed by atoms with van der Waals surface area (Å²) in [6, 6.07) is 4.13. The normalized spacial score (nSPS) is 22.6. The average Bonchev–Trinajstić information content (AvgIpc) is 2.63. The van der Waals surface area contributed by atoms with Crippen LogP contribution in [-0.4, -0.2) is 29.6 Å². The van der Waals surface area contributed by atoms with Crippen molar-refractivity contribution < 1.29 is 0 Å². The molecule has 1 fully saturated rings. The van der Waals surface area contributed by atoms with Crippen LogP contribution in [0.1, 0.15) is 37.8 Å². The minimum absolute atomic E-state index is 0.0494. The number of thioether (sulfide) groups is 1. The van der Waals surface area contributed by atoms with E-state index in [4.69, 9.17) is 5.73 Å². The fourth-order valence-electron chi connectivity index (χ4n) is 2.54. The van der Waals surface area contributed by atoms with Crippen molar-refractivity contribution in [3.63, 3.8) is 0 Å². The van der Waals surface area contributed by atoms with E-state index < -0.39 is 0 Å². The summed E-state index contributed by atoms with van der Waals surface area (Å²) >= 11 is 2.00. The van der Waals surface area contributed by atoms with Gasteiger partial charge in [0, 0.05) is 36.1 Å². The van der Waals surface area contributed by atoms with Gasteiger partial charge in [-0.15, -0.1) is 0 Å². The number of anilines is 1. The summed E-state index contributed by atoms with van der Waals surface area (Å²) in [5.74, 6) is 1.09. The predicted octanol–water partition coefficient (Wildman–Crippen LogP) is 2.82. The first-order chi connectivity index (χ1) is 8.72. The van der Waals surface area contributed by atoms with Crippen LogP contribution in [0.4, 0.5) is 5.82 Å². The fraction of sp³-hybridized carbons (Fsp3) is 0.643. The van der Waals surface area contributed by atoms with E-state index in [1.807, 2.05) is 30.9 Å². The summed E-state index contributed by atoms with van der Waals surface area (Å²) < 4.78 is 0. The first-order valence-corrected chi connectivity index (χ1v) is 7.99. The molecule has 2 atom stereocenters. The van der Waals surface area contributed by atoms with Crippen LogP contribution in [0.2, 0.25) is 0 Å². The molecule has 3 nitrogen and oxygen atoms in total. The van der Waals surface area contributed by atoms with E-state index in [1.54, 1.807) is 0 Å². The molecule has 18 heavy (non-hydrogen) atoms. The lowest BCUT2D eigenvalue weighted by atomic mass is 10.1. The lowest BCUT2D eigenvalue weighted by Gasteiger charge is -2.25. The maximum absolute atomic E-state index is 6.04. The number of aromatic nitrogens is 1. The van der Waals surface area contributed by atoms with E-state index in [2.05, 4.69) is 22.2 Å². The Morgan fingerprint density at radius 1 is 1.44 bits per heavy atom. The molecule has 0 saturated carbocycles. The van der Waals surface area contributed by atoms with Gasteiger partial charge in [0.25, 0.3) is 0 Å². The predicted molar refractivity (Wildman–Crippen MR) is 80.2 cm³/mol. The highest BCUT2D eigenvalue weighted by Gasteiger charge is 2.19. The maximum Gasteiger partial charge on any atom is 0.133 e. The zero-order valence-electron chi connectivity index (χ0n) is 11.3.